The van der Waals surface area contributed by atoms with Gasteiger partial charge in [0.05, 0.1) is 13.7 Å². The largest absolute Gasteiger partial charge is 0.496 e. The summed E-state index contributed by atoms with van der Waals surface area (Å²) in [6.07, 6.45) is 1.46. The first-order valence-electron chi connectivity index (χ1n) is 5.52. The Morgan fingerprint density at radius 3 is 2.61 bits per heavy atom. The summed E-state index contributed by atoms with van der Waals surface area (Å²) in [5, 5.41) is 0. The molecule has 5 nitrogen and oxygen atoms in total. The highest BCUT2D eigenvalue weighted by atomic mass is 16.5. The molecule has 0 bridgehead atoms. The van der Waals surface area contributed by atoms with Gasteiger partial charge in [0, 0.05) is 24.9 Å². The van der Waals surface area contributed by atoms with Gasteiger partial charge in [0.25, 0.3) is 5.56 Å². The molecule has 1 heterocycles. The second kappa shape index (κ2) is 4.91. The van der Waals surface area contributed by atoms with E-state index >= 15 is 0 Å². The van der Waals surface area contributed by atoms with E-state index in [-0.39, 0.29) is 17.8 Å². The van der Waals surface area contributed by atoms with Crippen LogP contribution in [0, 0.1) is 0 Å². The van der Waals surface area contributed by atoms with Crippen LogP contribution in [-0.4, -0.2) is 16.2 Å². The van der Waals surface area contributed by atoms with Gasteiger partial charge in [-0.3, -0.25) is 9.36 Å². The molecule has 0 saturated carbocycles. The maximum Gasteiger partial charge on any atom is 0.331 e. The zero-order valence-corrected chi connectivity index (χ0v) is 10.3. The summed E-state index contributed by atoms with van der Waals surface area (Å²) >= 11 is 0. The molecule has 0 aliphatic carbocycles. The lowest BCUT2D eigenvalue weighted by Gasteiger charge is -2.10. The second-order valence-electron chi connectivity index (χ2n) is 3.95. The van der Waals surface area contributed by atoms with Crippen molar-refractivity contribution in [1.29, 1.82) is 0 Å². The van der Waals surface area contributed by atoms with E-state index in [0.717, 1.165) is 5.56 Å². The number of aromatic nitrogens is 2. The standard InChI is InChI=1S/C13H14N2O3/c1-14-8-7-12(16)15(13(14)17)9-10-5-3-4-6-11(10)18-2/h3-8H,9H2,1-2H3. The predicted octanol–water partition coefficient (Wildman–Crippen LogP) is 0.604. The lowest BCUT2D eigenvalue weighted by molar-refractivity contribution is 0.407. The number of nitrogens with zero attached hydrogens (tertiary/aromatic N) is 2. The van der Waals surface area contributed by atoms with Crippen LogP contribution in [0.1, 0.15) is 5.56 Å². The number of rotatable bonds is 3. The summed E-state index contributed by atoms with van der Waals surface area (Å²) in [6, 6.07) is 8.69. The van der Waals surface area contributed by atoms with Gasteiger partial charge < -0.3 is 9.30 Å². The van der Waals surface area contributed by atoms with Crippen LogP contribution in [0.2, 0.25) is 0 Å². The van der Waals surface area contributed by atoms with Crippen LogP contribution in [0.25, 0.3) is 0 Å². The van der Waals surface area contributed by atoms with Crippen molar-refractivity contribution in [2.45, 2.75) is 6.54 Å². The van der Waals surface area contributed by atoms with Crippen molar-refractivity contribution in [1.82, 2.24) is 9.13 Å². The third-order valence-electron chi connectivity index (χ3n) is 2.76. The van der Waals surface area contributed by atoms with E-state index in [1.807, 2.05) is 18.2 Å². The Hall–Kier alpha value is -2.30. The topological polar surface area (TPSA) is 53.2 Å². The van der Waals surface area contributed by atoms with Gasteiger partial charge in [0.2, 0.25) is 0 Å². The molecule has 0 saturated heterocycles. The van der Waals surface area contributed by atoms with Crippen LogP contribution < -0.4 is 16.0 Å². The molecule has 0 atom stereocenters. The van der Waals surface area contributed by atoms with Gasteiger partial charge in [0.1, 0.15) is 5.75 Å². The summed E-state index contributed by atoms with van der Waals surface area (Å²) in [7, 11) is 3.17. The molecule has 94 valence electrons. The lowest BCUT2D eigenvalue weighted by atomic mass is 10.2. The molecule has 1 aromatic carbocycles. The number of hydrogen-bond donors (Lipinski definition) is 0. The fourth-order valence-corrected chi connectivity index (χ4v) is 1.76. The Bertz CT molecular complexity index is 670. The maximum absolute atomic E-state index is 11.9. The van der Waals surface area contributed by atoms with Crippen LogP contribution >= 0.6 is 0 Å². The van der Waals surface area contributed by atoms with Gasteiger partial charge in [0.15, 0.2) is 0 Å². The molecule has 2 aromatic rings. The fraction of sp³-hybridized carbons (Fsp3) is 0.231. The molecule has 0 radical (unpaired) electrons. The minimum atomic E-state index is -0.339. The van der Waals surface area contributed by atoms with E-state index in [0.29, 0.717) is 5.75 Å². The smallest absolute Gasteiger partial charge is 0.331 e. The summed E-state index contributed by atoms with van der Waals surface area (Å²) < 4.78 is 7.75. The van der Waals surface area contributed by atoms with Crippen LogP contribution in [0.4, 0.5) is 0 Å². The predicted molar refractivity (Wildman–Crippen MR) is 68.0 cm³/mol. The number of benzene rings is 1. The third-order valence-corrected chi connectivity index (χ3v) is 2.76. The minimum absolute atomic E-state index is 0.205. The highest BCUT2D eigenvalue weighted by Gasteiger charge is 2.07. The molecule has 0 aliphatic rings. The van der Waals surface area contributed by atoms with Crippen LogP contribution in [0.5, 0.6) is 5.75 Å². The van der Waals surface area contributed by atoms with Crippen molar-refractivity contribution in [2.75, 3.05) is 7.11 Å². The molecular weight excluding hydrogens is 232 g/mol. The van der Waals surface area contributed by atoms with Crippen LogP contribution in [0.15, 0.2) is 46.1 Å². The molecule has 0 fully saturated rings. The van der Waals surface area contributed by atoms with Gasteiger partial charge >= 0.3 is 5.69 Å². The fourth-order valence-electron chi connectivity index (χ4n) is 1.76. The molecule has 0 unspecified atom stereocenters. The average Bonchev–Trinajstić information content (AvgIpc) is 2.39. The van der Waals surface area contributed by atoms with E-state index < -0.39 is 0 Å². The van der Waals surface area contributed by atoms with Crippen LogP contribution in [-0.2, 0) is 13.6 Å². The minimum Gasteiger partial charge on any atom is -0.496 e. The first kappa shape index (κ1) is 12.2. The Kier molecular flexibility index (Phi) is 3.32. The molecular formula is C13H14N2O3. The molecule has 0 amide bonds. The van der Waals surface area contributed by atoms with E-state index in [9.17, 15) is 9.59 Å². The maximum atomic E-state index is 11.9. The highest BCUT2D eigenvalue weighted by Crippen LogP contribution is 2.17. The van der Waals surface area contributed by atoms with Crippen molar-refractivity contribution >= 4 is 0 Å². The molecule has 0 N–H and O–H groups in total. The van der Waals surface area contributed by atoms with Gasteiger partial charge in [-0.25, -0.2) is 4.79 Å². The highest BCUT2D eigenvalue weighted by molar-refractivity contribution is 5.33. The Labute approximate surface area is 104 Å². The van der Waals surface area contributed by atoms with Crippen LogP contribution in [0.3, 0.4) is 0 Å². The Morgan fingerprint density at radius 1 is 1.17 bits per heavy atom. The van der Waals surface area contributed by atoms with Crippen molar-refractivity contribution in [3.8, 4) is 5.75 Å². The first-order valence-corrected chi connectivity index (χ1v) is 5.52. The molecule has 18 heavy (non-hydrogen) atoms. The van der Waals surface area contributed by atoms with Crippen molar-refractivity contribution < 1.29 is 4.74 Å². The SMILES string of the molecule is COc1ccccc1Cn1c(=O)ccn(C)c1=O. The van der Waals surface area contributed by atoms with Crippen molar-refractivity contribution in [3.05, 3.63) is 62.9 Å². The Morgan fingerprint density at radius 2 is 1.89 bits per heavy atom. The monoisotopic (exact) mass is 246 g/mol. The first-order chi connectivity index (χ1) is 8.63. The molecule has 1 aromatic heterocycles. The number of para-hydroxylation sites is 1. The van der Waals surface area contributed by atoms with Gasteiger partial charge in [-0.15, -0.1) is 0 Å². The van der Waals surface area contributed by atoms with E-state index in [1.165, 1.54) is 21.4 Å². The lowest BCUT2D eigenvalue weighted by Crippen LogP contribution is -2.38. The van der Waals surface area contributed by atoms with Gasteiger partial charge in [-0.1, -0.05) is 18.2 Å². The van der Waals surface area contributed by atoms with E-state index in [4.69, 9.17) is 4.74 Å². The summed E-state index contributed by atoms with van der Waals surface area (Å²) in [4.78, 5) is 23.6. The Balaban J connectivity index is 2.50. The second-order valence-corrected chi connectivity index (χ2v) is 3.95. The third kappa shape index (κ3) is 2.20. The number of hydrogen-bond acceptors (Lipinski definition) is 3. The number of aryl methyl sites for hydroxylation is 1. The molecule has 5 heteroatoms. The quantitative estimate of drug-likeness (QED) is 0.797. The molecule has 0 aliphatic heterocycles. The van der Waals surface area contributed by atoms with Crippen molar-refractivity contribution in [3.63, 3.8) is 0 Å². The van der Waals surface area contributed by atoms with Gasteiger partial charge in [-0.2, -0.15) is 0 Å². The average molecular weight is 246 g/mol. The summed E-state index contributed by atoms with van der Waals surface area (Å²) in [5.41, 5.74) is 0.141. The normalized spacial score (nSPS) is 10.3. The molecule has 0 spiro atoms. The number of methoxy groups -OCH3 is 1. The molecule has 2 rings (SSSR count). The zero-order chi connectivity index (χ0) is 13.1. The zero-order valence-electron chi connectivity index (χ0n) is 10.3. The summed E-state index contributed by atoms with van der Waals surface area (Å²) in [6.45, 7) is 0.205. The number of ether oxygens (including phenoxy) is 1. The van der Waals surface area contributed by atoms with Gasteiger partial charge in [-0.05, 0) is 6.07 Å². The van der Waals surface area contributed by atoms with E-state index in [1.54, 1.807) is 20.2 Å². The summed E-state index contributed by atoms with van der Waals surface area (Å²) in [5.74, 6) is 0.662. The van der Waals surface area contributed by atoms with Crippen molar-refractivity contribution in [2.24, 2.45) is 7.05 Å². The van der Waals surface area contributed by atoms with E-state index in [2.05, 4.69) is 0 Å².